The highest BCUT2D eigenvalue weighted by Crippen LogP contribution is 2.20. The first-order chi connectivity index (χ1) is 11.3. The number of amides is 1. The van der Waals surface area contributed by atoms with Crippen LogP contribution in [0.3, 0.4) is 0 Å². The van der Waals surface area contributed by atoms with Crippen LogP contribution in [0.15, 0.2) is 18.2 Å². The van der Waals surface area contributed by atoms with E-state index in [-0.39, 0.29) is 12.4 Å². The van der Waals surface area contributed by atoms with Gasteiger partial charge in [-0.2, -0.15) is 0 Å². The van der Waals surface area contributed by atoms with E-state index in [1.807, 2.05) is 18.2 Å². The molecule has 24 heavy (non-hydrogen) atoms. The average molecular weight is 334 g/mol. The molecule has 0 spiro atoms. The molecule has 1 amide bonds. The molecule has 7 heteroatoms. The Morgan fingerprint density at radius 3 is 2.83 bits per heavy atom. The molecule has 2 rings (SSSR count). The predicted octanol–water partition coefficient (Wildman–Crippen LogP) is 1.03. The van der Waals surface area contributed by atoms with E-state index >= 15 is 0 Å². The van der Waals surface area contributed by atoms with E-state index in [4.69, 9.17) is 10.5 Å². The molecular formula is C17H26N4O3. The highest BCUT2D eigenvalue weighted by Gasteiger charge is 2.21. The topological polar surface area (TPSA) is 102 Å². The van der Waals surface area contributed by atoms with Crippen molar-refractivity contribution in [1.29, 1.82) is 0 Å². The first-order valence-electron chi connectivity index (χ1n) is 8.03. The van der Waals surface area contributed by atoms with Crippen LogP contribution in [0.1, 0.15) is 36.5 Å². The maximum absolute atomic E-state index is 11.7. The lowest BCUT2D eigenvalue weighted by molar-refractivity contribution is 0.0614. The molecule has 4 N–H and O–H groups in total. The fraction of sp³-hybridized carbons (Fsp3) is 0.529. The number of rotatable bonds is 9. The van der Waals surface area contributed by atoms with Gasteiger partial charge >= 0.3 is 0 Å². The number of primary amides is 1. The van der Waals surface area contributed by atoms with Crippen LogP contribution in [0.4, 0.5) is 0 Å². The number of aliphatic hydroxyl groups is 1. The van der Waals surface area contributed by atoms with Gasteiger partial charge in [-0.1, -0.05) is 6.07 Å². The third-order valence-electron chi connectivity index (χ3n) is 3.61. The average Bonchev–Trinajstić information content (AvgIpc) is 2.83. The van der Waals surface area contributed by atoms with Crippen molar-refractivity contribution in [1.82, 2.24) is 14.9 Å². The second-order valence-electron chi connectivity index (χ2n) is 6.54. The normalized spacial score (nSPS) is 12.0. The number of benzene rings is 1. The molecular weight excluding hydrogens is 308 g/mol. The maximum atomic E-state index is 11.7. The van der Waals surface area contributed by atoms with Crippen molar-refractivity contribution in [2.75, 3.05) is 20.3 Å². The summed E-state index contributed by atoms with van der Waals surface area (Å²) in [5, 5.41) is 13.4. The van der Waals surface area contributed by atoms with E-state index in [0.29, 0.717) is 12.1 Å². The van der Waals surface area contributed by atoms with E-state index in [0.717, 1.165) is 30.7 Å². The van der Waals surface area contributed by atoms with E-state index in [1.165, 1.54) is 0 Å². The lowest BCUT2D eigenvalue weighted by Crippen LogP contribution is -2.29. The van der Waals surface area contributed by atoms with E-state index in [2.05, 4.69) is 10.3 Å². The smallest absolute Gasteiger partial charge is 0.284 e. The molecule has 0 unspecified atom stereocenters. The molecule has 0 radical (unpaired) electrons. The zero-order valence-corrected chi connectivity index (χ0v) is 14.5. The van der Waals surface area contributed by atoms with Crippen molar-refractivity contribution in [2.45, 2.75) is 39.0 Å². The highest BCUT2D eigenvalue weighted by molar-refractivity contribution is 5.93. The summed E-state index contributed by atoms with van der Waals surface area (Å²) in [6.07, 6.45) is 0.949. The quantitative estimate of drug-likeness (QED) is 0.595. The molecule has 0 aliphatic carbocycles. The van der Waals surface area contributed by atoms with Crippen LogP contribution < -0.4 is 11.1 Å². The number of hydrogen-bond donors (Lipinski definition) is 3. The Hall–Kier alpha value is -1.96. The summed E-state index contributed by atoms with van der Waals surface area (Å²) in [5.41, 5.74) is 7.02. The lowest BCUT2D eigenvalue weighted by Gasteiger charge is -2.19. The number of carbonyl (C=O) groups is 1. The molecule has 0 bridgehead atoms. The number of nitrogens with one attached hydrogen (secondary N) is 1. The summed E-state index contributed by atoms with van der Waals surface area (Å²) in [6, 6.07) is 5.83. The molecule has 0 atom stereocenters. The molecule has 7 nitrogen and oxygen atoms in total. The molecule has 2 aromatic rings. The highest BCUT2D eigenvalue weighted by atomic mass is 16.5. The van der Waals surface area contributed by atoms with Crippen molar-refractivity contribution in [3.8, 4) is 0 Å². The Balaban J connectivity index is 2.22. The second kappa shape index (κ2) is 7.74. The van der Waals surface area contributed by atoms with Gasteiger partial charge in [-0.05, 0) is 44.5 Å². The fourth-order valence-electron chi connectivity index (χ4n) is 2.59. The van der Waals surface area contributed by atoms with Gasteiger partial charge in [0.25, 0.3) is 5.91 Å². The van der Waals surface area contributed by atoms with Gasteiger partial charge in [-0.25, -0.2) is 4.98 Å². The number of carbonyl (C=O) groups excluding carboxylic acids is 1. The van der Waals surface area contributed by atoms with Crippen LogP contribution in [-0.4, -0.2) is 46.4 Å². The zero-order chi connectivity index (χ0) is 17.7. The standard InChI is InChI=1S/C17H26N4O3/c1-17(2,23)11-21-14-6-5-12(10-19-7-4-8-24-3)9-13(14)20-16(21)15(18)22/h5-6,9,19,23H,4,7-8,10-11H2,1-3H3,(H2,18,22). The van der Waals surface area contributed by atoms with Crippen molar-refractivity contribution < 1.29 is 14.6 Å². The summed E-state index contributed by atoms with van der Waals surface area (Å²) in [6.45, 7) is 5.92. The maximum Gasteiger partial charge on any atom is 0.284 e. The van der Waals surface area contributed by atoms with E-state index in [9.17, 15) is 9.90 Å². The summed E-state index contributed by atoms with van der Waals surface area (Å²) in [4.78, 5) is 16.0. The van der Waals surface area contributed by atoms with Gasteiger partial charge in [0, 0.05) is 20.3 Å². The van der Waals surface area contributed by atoms with Crippen molar-refractivity contribution in [3.05, 3.63) is 29.6 Å². The number of ether oxygens (including phenoxy) is 1. The number of fused-ring (bicyclic) bond motifs is 1. The third kappa shape index (κ3) is 4.77. The molecule has 0 aliphatic heterocycles. The second-order valence-corrected chi connectivity index (χ2v) is 6.54. The first kappa shape index (κ1) is 18.4. The molecule has 0 saturated carbocycles. The Bertz CT molecular complexity index is 704. The SMILES string of the molecule is COCCCNCc1ccc2c(c1)nc(C(N)=O)n2CC(C)(C)O. The Labute approximate surface area is 141 Å². The van der Waals surface area contributed by atoms with E-state index < -0.39 is 11.5 Å². The predicted molar refractivity (Wildman–Crippen MR) is 92.7 cm³/mol. The summed E-state index contributed by atoms with van der Waals surface area (Å²) in [5.74, 6) is -0.438. The minimum absolute atomic E-state index is 0.164. The van der Waals surface area contributed by atoms with Gasteiger partial charge in [0.2, 0.25) is 0 Å². The van der Waals surface area contributed by atoms with Crippen LogP contribution >= 0.6 is 0 Å². The van der Waals surface area contributed by atoms with Crippen LogP contribution in [0.25, 0.3) is 11.0 Å². The first-order valence-corrected chi connectivity index (χ1v) is 8.03. The van der Waals surface area contributed by atoms with Gasteiger partial charge < -0.3 is 25.5 Å². The number of imidazole rings is 1. The van der Waals surface area contributed by atoms with Crippen LogP contribution in [0.5, 0.6) is 0 Å². The molecule has 0 fully saturated rings. The van der Waals surface area contributed by atoms with Crippen molar-refractivity contribution >= 4 is 16.9 Å². The Morgan fingerprint density at radius 1 is 1.46 bits per heavy atom. The summed E-state index contributed by atoms with van der Waals surface area (Å²) >= 11 is 0. The molecule has 132 valence electrons. The molecule has 1 aromatic carbocycles. The molecule has 1 aromatic heterocycles. The Morgan fingerprint density at radius 2 is 2.21 bits per heavy atom. The minimum Gasteiger partial charge on any atom is -0.389 e. The number of hydrogen-bond acceptors (Lipinski definition) is 5. The number of nitrogens with two attached hydrogens (primary N) is 1. The van der Waals surface area contributed by atoms with Crippen molar-refractivity contribution in [3.63, 3.8) is 0 Å². The zero-order valence-electron chi connectivity index (χ0n) is 14.5. The largest absolute Gasteiger partial charge is 0.389 e. The number of aromatic nitrogens is 2. The fourth-order valence-corrected chi connectivity index (χ4v) is 2.59. The monoisotopic (exact) mass is 334 g/mol. The van der Waals surface area contributed by atoms with Crippen molar-refractivity contribution in [2.24, 2.45) is 5.73 Å². The number of nitrogens with zero attached hydrogens (tertiary/aromatic N) is 2. The third-order valence-corrected chi connectivity index (χ3v) is 3.61. The van der Waals surface area contributed by atoms with Gasteiger partial charge in [0.1, 0.15) is 0 Å². The number of methoxy groups -OCH3 is 1. The summed E-state index contributed by atoms with van der Waals surface area (Å²) in [7, 11) is 1.69. The molecule has 0 saturated heterocycles. The van der Waals surface area contributed by atoms with Crippen LogP contribution in [-0.2, 0) is 17.8 Å². The van der Waals surface area contributed by atoms with Crippen LogP contribution in [0, 0.1) is 0 Å². The minimum atomic E-state index is -0.973. The van der Waals surface area contributed by atoms with Gasteiger partial charge in [-0.15, -0.1) is 0 Å². The van der Waals surface area contributed by atoms with Gasteiger partial charge in [0.05, 0.1) is 23.2 Å². The molecule has 1 heterocycles. The summed E-state index contributed by atoms with van der Waals surface area (Å²) < 4.78 is 6.69. The lowest BCUT2D eigenvalue weighted by atomic mass is 10.1. The van der Waals surface area contributed by atoms with Gasteiger partial charge in [-0.3, -0.25) is 4.79 Å². The van der Waals surface area contributed by atoms with Crippen LogP contribution in [0.2, 0.25) is 0 Å². The Kier molecular flexibility index (Phi) is 5.93. The molecule has 0 aliphatic rings. The van der Waals surface area contributed by atoms with Gasteiger partial charge in [0.15, 0.2) is 5.82 Å². The van der Waals surface area contributed by atoms with E-state index in [1.54, 1.807) is 25.5 Å².